The number of thioether (sulfide) groups is 1. The second-order valence-corrected chi connectivity index (χ2v) is 5.84. The molecular weight excluding hydrogens is 330 g/mol. The number of benzene rings is 1. The molecule has 0 radical (unpaired) electrons. The first-order valence-electron chi connectivity index (χ1n) is 6.13. The van der Waals surface area contributed by atoms with Gasteiger partial charge in [0.15, 0.2) is 5.17 Å². The largest absolute Gasteiger partial charge is 0.495 e. The van der Waals surface area contributed by atoms with Gasteiger partial charge in [0.05, 0.1) is 24.8 Å². The molecule has 1 aliphatic heterocycles. The van der Waals surface area contributed by atoms with Crippen LogP contribution in [0.4, 0.5) is 0 Å². The second-order valence-electron chi connectivity index (χ2n) is 4.24. The molecule has 1 heterocycles. The van der Waals surface area contributed by atoms with Gasteiger partial charge in [0, 0.05) is 0 Å². The van der Waals surface area contributed by atoms with Crippen LogP contribution in [0.15, 0.2) is 28.4 Å². The Morgan fingerprint density at radius 1 is 1.59 bits per heavy atom. The standard InChI is InChI=1S/C13H12ClN3O4S/c1-21-9-3-2-7(4-8(9)14)6-15-17-13-16-12(20)10(22-13)5-11(18)19/h2-4,6,10H,5H2,1H3,(H,18,19)(H,16,17,20)/b15-6-/t10-/m0/s1. The van der Waals surface area contributed by atoms with E-state index in [-0.39, 0.29) is 17.5 Å². The van der Waals surface area contributed by atoms with Gasteiger partial charge >= 0.3 is 5.97 Å². The number of hydrogen-bond acceptors (Lipinski definition) is 6. The fourth-order valence-corrected chi connectivity index (χ4v) is 2.84. The summed E-state index contributed by atoms with van der Waals surface area (Å²) in [6.45, 7) is 0. The molecule has 7 nitrogen and oxygen atoms in total. The number of carboxylic acids is 1. The van der Waals surface area contributed by atoms with Crippen molar-refractivity contribution < 1.29 is 19.4 Å². The fraction of sp³-hybridized carbons (Fsp3) is 0.231. The van der Waals surface area contributed by atoms with E-state index in [1.165, 1.54) is 13.3 Å². The van der Waals surface area contributed by atoms with E-state index in [4.69, 9.17) is 21.4 Å². The molecule has 0 bridgehead atoms. The number of amidine groups is 1. The van der Waals surface area contributed by atoms with Crippen molar-refractivity contribution in [2.75, 3.05) is 7.11 Å². The van der Waals surface area contributed by atoms with E-state index in [0.29, 0.717) is 16.3 Å². The van der Waals surface area contributed by atoms with Crippen molar-refractivity contribution in [1.29, 1.82) is 0 Å². The van der Waals surface area contributed by atoms with Crippen molar-refractivity contribution in [3.63, 3.8) is 0 Å². The first kappa shape index (κ1) is 16.3. The number of carbonyl (C=O) groups is 2. The second kappa shape index (κ2) is 7.28. The number of carboxylic acid groups (broad SMARTS) is 1. The van der Waals surface area contributed by atoms with E-state index in [9.17, 15) is 9.59 Å². The maximum atomic E-state index is 11.5. The lowest BCUT2D eigenvalue weighted by Crippen LogP contribution is -2.26. The SMILES string of the molecule is COc1ccc(/C=N\N=C2\NC(=O)[C@H](CC(=O)O)S2)cc1Cl. The van der Waals surface area contributed by atoms with E-state index in [0.717, 1.165) is 11.8 Å². The minimum absolute atomic E-state index is 0.257. The van der Waals surface area contributed by atoms with E-state index in [1.807, 2.05) is 0 Å². The van der Waals surface area contributed by atoms with Crippen LogP contribution in [0.1, 0.15) is 12.0 Å². The molecule has 1 aromatic rings. The van der Waals surface area contributed by atoms with Crippen LogP contribution in [-0.2, 0) is 9.59 Å². The number of nitrogens with zero attached hydrogens (tertiary/aromatic N) is 2. The van der Waals surface area contributed by atoms with Gasteiger partial charge in [-0.25, -0.2) is 0 Å². The summed E-state index contributed by atoms with van der Waals surface area (Å²) in [6, 6.07) is 5.12. The lowest BCUT2D eigenvalue weighted by Gasteiger charge is -2.02. The molecule has 116 valence electrons. The highest BCUT2D eigenvalue weighted by Gasteiger charge is 2.32. The van der Waals surface area contributed by atoms with E-state index in [2.05, 4.69) is 15.5 Å². The third-order valence-corrected chi connectivity index (χ3v) is 4.04. The quantitative estimate of drug-likeness (QED) is 0.627. The van der Waals surface area contributed by atoms with Gasteiger partial charge in [0.25, 0.3) is 0 Å². The molecule has 1 saturated heterocycles. The molecule has 2 N–H and O–H groups in total. The Kier molecular flexibility index (Phi) is 5.40. The highest BCUT2D eigenvalue weighted by atomic mass is 35.5. The summed E-state index contributed by atoms with van der Waals surface area (Å²) >= 11 is 7.02. The number of ether oxygens (including phenoxy) is 1. The molecule has 0 saturated carbocycles. The Bertz CT molecular complexity index is 663. The lowest BCUT2D eigenvalue weighted by molar-refractivity contribution is -0.138. The smallest absolute Gasteiger partial charge is 0.305 e. The highest BCUT2D eigenvalue weighted by molar-refractivity contribution is 8.15. The van der Waals surface area contributed by atoms with Crippen LogP contribution in [0.3, 0.4) is 0 Å². The zero-order valence-corrected chi connectivity index (χ0v) is 13.0. The maximum Gasteiger partial charge on any atom is 0.305 e. The summed E-state index contributed by atoms with van der Waals surface area (Å²) in [7, 11) is 1.52. The number of nitrogens with one attached hydrogen (secondary N) is 1. The number of amides is 1. The molecule has 1 atom stereocenters. The first-order chi connectivity index (χ1) is 10.5. The number of rotatable bonds is 5. The minimum Gasteiger partial charge on any atom is -0.495 e. The molecule has 0 spiro atoms. The summed E-state index contributed by atoms with van der Waals surface area (Å²) in [5.41, 5.74) is 0.714. The summed E-state index contributed by atoms with van der Waals surface area (Å²) in [5.74, 6) is -0.862. The number of halogens is 1. The van der Waals surface area contributed by atoms with Crippen molar-refractivity contribution in [2.45, 2.75) is 11.7 Å². The minimum atomic E-state index is -1.04. The van der Waals surface area contributed by atoms with Crippen LogP contribution in [0.2, 0.25) is 5.02 Å². The molecular formula is C13H12ClN3O4S. The Morgan fingerprint density at radius 3 is 3.00 bits per heavy atom. The topological polar surface area (TPSA) is 100 Å². The average molecular weight is 342 g/mol. The van der Waals surface area contributed by atoms with Gasteiger partial charge in [-0.1, -0.05) is 23.4 Å². The van der Waals surface area contributed by atoms with Crippen LogP contribution in [-0.4, -0.2) is 40.7 Å². The molecule has 1 amide bonds. The Morgan fingerprint density at radius 2 is 2.36 bits per heavy atom. The molecule has 2 rings (SSSR count). The predicted molar refractivity (Wildman–Crippen MR) is 84.8 cm³/mol. The molecule has 0 aliphatic carbocycles. The monoisotopic (exact) mass is 341 g/mol. The first-order valence-corrected chi connectivity index (χ1v) is 7.39. The lowest BCUT2D eigenvalue weighted by atomic mass is 10.2. The summed E-state index contributed by atoms with van der Waals surface area (Å²) in [5, 5.41) is 18.9. The molecule has 0 aromatic heterocycles. The number of carbonyl (C=O) groups excluding carboxylic acids is 1. The zero-order chi connectivity index (χ0) is 16.1. The molecule has 9 heteroatoms. The van der Waals surface area contributed by atoms with Crippen molar-refractivity contribution in [3.05, 3.63) is 28.8 Å². The Hall–Kier alpha value is -2.06. The number of hydrogen-bond donors (Lipinski definition) is 2. The summed E-state index contributed by atoms with van der Waals surface area (Å²) in [6.07, 6.45) is 1.21. The van der Waals surface area contributed by atoms with Gasteiger partial charge < -0.3 is 15.2 Å². The normalized spacial score (nSPS) is 19.6. The Labute approximate surface area is 135 Å². The van der Waals surface area contributed by atoms with Gasteiger partial charge in [-0.05, 0) is 23.8 Å². The molecule has 1 aromatic carbocycles. The van der Waals surface area contributed by atoms with Crippen molar-refractivity contribution in [3.8, 4) is 5.75 Å². The molecule has 1 fully saturated rings. The van der Waals surface area contributed by atoms with Gasteiger partial charge in [0.1, 0.15) is 11.0 Å². The fourth-order valence-electron chi connectivity index (χ4n) is 1.66. The third kappa shape index (κ3) is 4.22. The van der Waals surface area contributed by atoms with Gasteiger partial charge in [-0.2, -0.15) is 5.10 Å². The maximum absolute atomic E-state index is 11.5. The number of aliphatic carboxylic acids is 1. The van der Waals surface area contributed by atoms with E-state index < -0.39 is 11.2 Å². The van der Waals surface area contributed by atoms with Crippen LogP contribution in [0, 0.1) is 0 Å². The van der Waals surface area contributed by atoms with E-state index in [1.54, 1.807) is 18.2 Å². The predicted octanol–water partition coefficient (Wildman–Crippen LogP) is 1.74. The van der Waals surface area contributed by atoms with Crippen molar-refractivity contribution >= 4 is 46.6 Å². The van der Waals surface area contributed by atoms with Gasteiger partial charge in [-0.15, -0.1) is 5.10 Å². The molecule has 1 aliphatic rings. The summed E-state index contributed by atoms with van der Waals surface area (Å²) < 4.78 is 5.04. The highest BCUT2D eigenvalue weighted by Crippen LogP contribution is 2.24. The Balaban J connectivity index is 2.01. The molecule has 22 heavy (non-hydrogen) atoms. The van der Waals surface area contributed by atoms with Crippen LogP contribution in [0.25, 0.3) is 0 Å². The van der Waals surface area contributed by atoms with E-state index >= 15 is 0 Å². The van der Waals surface area contributed by atoms with Crippen molar-refractivity contribution in [1.82, 2.24) is 5.32 Å². The van der Waals surface area contributed by atoms with Crippen LogP contribution >= 0.6 is 23.4 Å². The van der Waals surface area contributed by atoms with Crippen molar-refractivity contribution in [2.24, 2.45) is 10.2 Å². The van der Waals surface area contributed by atoms with Crippen LogP contribution < -0.4 is 10.1 Å². The van der Waals surface area contributed by atoms with Gasteiger partial charge in [0.2, 0.25) is 5.91 Å². The molecule has 0 unspecified atom stereocenters. The zero-order valence-electron chi connectivity index (χ0n) is 11.4. The van der Waals surface area contributed by atoms with Gasteiger partial charge in [-0.3, -0.25) is 9.59 Å². The average Bonchev–Trinajstić information content (AvgIpc) is 2.78. The summed E-state index contributed by atoms with van der Waals surface area (Å²) in [4.78, 5) is 22.1. The number of methoxy groups -OCH3 is 1. The van der Waals surface area contributed by atoms with Crippen LogP contribution in [0.5, 0.6) is 5.75 Å². The third-order valence-electron chi connectivity index (χ3n) is 2.67.